The van der Waals surface area contributed by atoms with Gasteiger partial charge in [0.1, 0.15) is 0 Å². The maximum atomic E-state index is 10.7. The molecule has 0 rings (SSSR count). The minimum absolute atomic E-state index is 0. The summed E-state index contributed by atoms with van der Waals surface area (Å²) in [5, 5.41) is 16.1. The van der Waals surface area contributed by atoms with Crippen LogP contribution in [0.3, 0.4) is 0 Å². The first-order valence-electron chi connectivity index (χ1n) is 3.90. The molecule has 0 aromatic heterocycles. The predicted octanol–water partition coefficient (Wildman–Crippen LogP) is -13.7. The third kappa shape index (κ3) is 17.3. The molecular formula is C8H8Na4O10. The summed E-state index contributed by atoms with van der Waals surface area (Å²) in [5.41, 5.74) is 0. The van der Waals surface area contributed by atoms with Gasteiger partial charge in [-0.15, -0.1) is 0 Å². The minimum atomic E-state index is -2.03. The molecule has 22 heavy (non-hydrogen) atoms. The Morgan fingerprint density at radius 3 is 1.05 bits per heavy atom. The van der Waals surface area contributed by atoms with Gasteiger partial charge in [0, 0.05) is 12.2 Å². The van der Waals surface area contributed by atoms with Crippen molar-refractivity contribution in [3.05, 3.63) is 12.2 Å². The van der Waals surface area contributed by atoms with E-state index in [2.05, 4.69) is 9.47 Å². The number of ether oxygens (including phenoxy) is 2. The summed E-state index contributed by atoms with van der Waals surface area (Å²) in [6.07, 6.45) is 0.552. The van der Waals surface area contributed by atoms with E-state index in [9.17, 15) is 28.8 Å². The number of aliphatic carboxylic acids is 2. The van der Waals surface area contributed by atoms with Crippen LogP contribution in [-0.4, -0.2) is 46.0 Å². The largest absolute Gasteiger partial charge is 1.00 e. The topological polar surface area (TPSA) is 161 Å². The molecule has 0 aliphatic carbocycles. The number of hydrogen-bond donors (Lipinski definition) is 2. The van der Waals surface area contributed by atoms with Crippen LogP contribution in [-0.2, 0) is 38.2 Å². The predicted molar refractivity (Wildman–Crippen MR) is 51.1 cm³/mol. The monoisotopic (exact) mass is 356 g/mol. The molecule has 0 aromatic rings. The van der Waals surface area contributed by atoms with E-state index in [1.807, 2.05) is 0 Å². The molecule has 0 aromatic carbocycles. The molecular weight excluding hydrogens is 348 g/mol. The second kappa shape index (κ2) is 18.3. The van der Waals surface area contributed by atoms with Crippen LogP contribution in [0.15, 0.2) is 12.2 Å². The van der Waals surface area contributed by atoms with Crippen LogP contribution in [0, 0.1) is 0 Å². The molecule has 14 heteroatoms. The Labute approximate surface area is 217 Å². The normalized spacial score (nSPS) is 7.82. The Hall–Kier alpha value is 0.960. The van der Waals surface area contributed by atoms with E-state index >= 15 is 0 Å². The Balaban J connectivity index is -0.0000000516. The van der Waals surface area contributed by atoms with Crippen molar-refractivity contribution in [2.75, 3.05) is 0 Å². The van der Waals surface area contributed by atoms with Gasteiger partial charge in [0.2, 0.25) is 0 Å². The van der Waals surface area contributed by atoms with Crippen molar-refractivity contribution in [3.8, 4) is 0 Å². The molecule has 0 heterocycles. The molecule has 0 spiro atoms. The first-order valence-corrected chi connectivity index (χ1v) is 3.90. The van der Waals surface area contributed by atoms with Crippen LogP contribution in [0.25, 0.3) is 0 Å². The van der Waals surface area contributed by atoms with Crippen molar-refractivity contribution in [2.45, 2.75) is 0 Å². The fraction of sp³-hybridized carbons (Fsp3) is 0. The van der Waals surface area contributed by atoms with Crippen LogP contribution >= 0.6 is 0 Å². The van der Waals surface area contributed by atoms with Gasteiger partial charge in [0.25, 0.3) is 0 Å². The quantitative estimate of drug-likeness (QED) is 0.160. The summed E-state index contributed by atoms with van der Waals surface area (Å²) in [4.78, 5) is 61.9. The van der Waals surface area contributed by atoms with Gasteiger partial charge in [-0.2, -0.15) is 0 Å². The number of carboxylic acid groups (broad SMARTS) is 2. The second-order valence-electron chi connectivity index (χ2n) is 2.36. The van der Waals surface area contributed by atoms with E-state index in [0.29, 0.717) is 0 Å². The van der Waals surface area contributed by atoms with Crippen molar-refractivity contribution in [1.29, 1.82) is 0 Å². The first-order chi connectivity index (χ1) is 8.23. The third-order valence-corrected chi connectivity index (χ3v) is 1.09. The van der Waals surface area contributed by atoms with Gasteiger partial charge in [0.05, 0.1) is 0 Å². The minimum Gasteiger partial charge on any atom is -1.00 e. The van der Waals surface area contributed by atoms with Crippen molar-refractivity contribution < 1.29 is 172 Å². The standard InChI is InChI=1S/C8H4O10.4Na.4H/c9-3(17-7(15)5(11)12)1-2-4(10)18-8(16)6(13)14;;;;;;;;/h1-2H,(H,11,12)(H,13,14);;;;;;;;/q;4*+1;4*-1/b2-1+;;;;;;;;. The molecule has 104 valence electrons. The van der Waals surface area contributed by atoms with Crippen LogP contribution in [0.2, 0.25) is 0 Å². The zero-order chi connectivity index (χ0) is 14.3. The summed E-state index contributed by atoms with van der Waals surface area (Å²) in [6.45, 7) is 0. The van der Waals surface area contributed by atoms with Crippen molar-refractivity contribution in [2.24, 2.45) is 0 Å². The number of carbonyl (C=O) groups is 6. The number of rotatable bonds is 2. The molecule has 0 bridgehead atoms. The van der Waals surface area contributed by atoms with Gasteiger partial charge in [-0.05, 0) is 0 Å². The maximum absolute atomic E-state index is 10.7. The number of esters is 4. The van der Waals surface area contributed by atoms with Gasteiger partial charge >= 0.3 is 154 Å². The molecule has 0 aliphatic rings. The van der Waals surface area contributed by atoms with Gasteiger partial charge in [-0.3, -0.25) is 0 Å². The van der Waals surface area contributed by atoms with E-state index in [-0.39, 0.29) is 136 Å². The summed E-state index contributed by atoms with van der Waals surface area (Å²) in [7, 11) is 0. The molecule has 0 fully saturated rings. The van der Waals surface area contributed by atoms with Crippen molar-refractivity contribution >= 4 is 35.8 Å². The van der Waals surface area contributed by atoms with Gasteiger partial charge in [-0.1, -0.05) is 0 Å². The summed E-state index contributed by atoms with van der Waals surface area (Å²) in [6, 6.07) is 0. The Kier molecular flexibility index (Phi) is 28.6. The molecule has 2 N–H and O–H groups in total. The first kappa shape index (κ1) is 34.3. The van der Waals surface area contributed by atoms with E-state index in [4.69, 9.17) is 10.2 Å². The SMILES string of the molecule is O=C(/C=C/C(=O)OC(=O)C(=O)O)OC(=O)C(=O)O.[H-].[H-].[H-].[H-].[Na+].[Na+].[Na+].[Na+]. The average Bonchev–Trinajstić information content (AvgIpc) is 2.25. The summed E-state index contributed by atoms with van der Waals surface area (Å²) >= 11 is 0. The molecule has 0 radical (unpaired) electrons. The zero-order valence-electron chi connectivity index (χ0n) is 16.3. The van der Waals surface area contributed by atoms with Crippen LogP contribution in [0.1, 0.15) is 5.71 Å². The molecule has 0 saturated carbocycles. The molecule has 0 unspecified atom stereocenters. The smallest absolute Gasteiger partial charge is 1.00 e. The molecule has 0 atom stereocenters. The van der Waals surface area contributed by atoms with Crippen molar-refractivity contribution in [1.82, 2.24) is 0 Å². The Bertz CT molecular complexity index is 446. The van der Waals surface area contributed by atoms with Crippen LogP contribution in [0.4, 0.5) is 0 Å². The van der Waals surface area contributed by atoms with Gasteiger partial charge in [-0.25, -0.2) is 28.8 Å². The van der Waals surface area contributed by atoms with E-state index in [1.165, 1.54) is 0 Å². The number of carbonyl (C=O) groups excluding carboxylic acids is 4. The number of carboxylic acids is 2. The van der Waals surface area contributed by atoms with E-state index in [1.54, 1.807) is 0 Å². The Morgan fingerprint density at radius 2 is 0.864 bits per heavy atom. The summed E-state index contributed by atoms with van der Waals surface area (Å²) < 4.78 is 7.28. The van der Waals surface area contributed by atoms with Crippen LogP contribution in [0.5, 0.6) is 0 Å². The average molecular weight is 356 g/mol. The third-order valence-electron chi connectivity index (χ3n) is 1.09. The zero-order valence-corrected chi connectivity index (χ0v) is 20.3. The molecule has 0 amide bonds. The van der Waals surface area contributed by atoms with Crippen LogP contribution < -0.4 is 118 Å². The van der Waals surface area contributed by atoms with Gasteiger partial charge < -0.3 is 25.4 Å². The number of hydrogen-bond acceptors (Lipinski definition) is 8. The van der Waals surface area contributed by atoms with Crippen molar-refractivity contribution in [3.63, 3.8) is 0 Å². The summed E-state index contributed by atoms with van der Waals surface area (Å²) in [5.74, 6) is -10.8. The fourth-order valence-electron chi connectivity index (χ4n) is 0.474. The van der Waals surface area contributed by atoms with E-state index in [0.717, 1.165) is 0 Å². The fourth-order valence-corrected chi connectivity index (χ4v) is 0.474. The van der Waals surface area contributed by atoms with E-state index < -0.39 is 35.8 Å². The Morgan fingerprint density at radius 1 is 0.636 bits per heavy atom. The molecule has 10 nitrogen and oxygen atoms in total. The maximum Gasteiger partial charge on any atom is 1.00 e. The molecule has 0 aliphatic heterocycles. The van der Waals surface area contributed by atoms with Gasteiger partial charge in [0.15, 0.2) is 0 Å². The molecule has 0 saturated heterocycles. The second-order valence-corrected chi connectivity index (χ2v) is 2.36.